The summed E-state index contributed by atoms with van der Waals surface area (Å²) in [7, 11) is 1.55. The molecule has 0 bridgehead atoms. The Hall–Kier alpha value is -2.04. The second kappa shape index (κ2) is 6.81. The van der Waals surface area contributed by atoms with Crippen molar-refractivity contribution in [2.75, 3.05) is 13.7 Å². The van der Waals surface area contributed by atoms with Gasteiger partial charge in [0.05, 0.1) is 13.2 Å². The van der Waals surface area contributed by atoms with Gasteiger partial charge in [0, 0.05) is 19.2 Å². The first-order valence-electron chi connectivity index (χ1n) is 7.54. The fourth-order valence-electron chi connectivity index (χ4n) is 2.86. The Morgan fingerprint density at radius 3 is 2.77 bits per heavy atom. The predicted molar refractivity (Wildman–Crippen MR) is 85.0 cm³/mol. The summed E-state index contributed by atoms with van der Waals surface area (Å²) in [5.74, 6) is 0.666. The molecule has 1 saturated heterocycles. The summed E-state index contributed by atoms with van der Waals surface area (Å²) in [6.07, 6.45) is 1.08. The summed E-state index contributed by atoms with van der Waals surface area (Å²) >= 11 is 0. The molecule has 116 valence electrons. The first-order valence-corrected chi connectivity index (χ1v) is 7.54. The molecule has 2 aromatic carbocycles. The van der Waals surface area contributed by atoms with Crippen molar-refractivity contribution in [3.05, 3.63) is 59.7 Å². The molecule has 2 N–H and O–H groups in total. The minimum absolute atomic E-state index is 0.0908. The zero-order chi connectivity index (χ0) is 15.4. The molecule has 4 nitrogen and oxygen atoms in total. The summed E-state index contributed by atoms with van der Waals surface area (Å²) in [4.78, 5) is 0. The Morgan fingerprint density at radius 1 is 1.23 bits per heavy atom. The number of phenolic OH excluding ortho intramolecular Hbond substituents is 1. The van der Waals surface area contributed by atoms with Gasteiger partial charge in [-0.3, -0.25) is 0 Å². The van der Waals surface area contributed by atoms with E-state index in [2.05, 4.69) is 17.4 Å². The molecule has 0 saturated carbocycles. The fraction of sp³-hybridized carbons (Fsp3) is 0.333. The van der Waals surface area contributed by atoms with Crippen molar-refractivity contribution in [2.24, 2.45) is 0 Å². The highest BCUT2D eigenvalue weighted by molar-refractivity contribution is 5.41. The van der Waals surface area contributed by atoms with Crippen molar-refractivity contribution in [1.82, 2.24) is 5.32 Å². The molecule has 0 spiro atoms. The van der Waals surface area contributed by atoms with Crippen LogP contribution in [0, 0.1) is 0 Å². The van der Waals surface area contributed by atoms with Gasteiger partial charge in [0.1, 0.15) is 0 Å². The van der Waals surface area contributed by atoms with E-state index in [1.807, 2.05) is 24.3 Å². The quantitative estimate of drug-likeness (QED) is 0.891. The maximum atomic E-state index is 9.84. The first kappa shape index (κ1) is 14.9. The summed E-state index contributed by atoms with van der Waals surface area (Å²) < 4.78 is 10.9. The zero-order valence-corrected chi connectivity index (χ0v) is 12.7. The number of hydrogen-bond donors (Lipinski definition) is 2. The molecule has 1 heterocycles. The Labute approximate surface area is 130 Å². The smallest absolute Gasteiger partial charge is 0.160 e. The second-order valence-corrected chi connectivity index (χ2v) is 5.48. The van der Waals surface area contributed by atoms with Crippen molar-refractivity contribution in [2.45, 2.75) is 25.1 Å². The van der Waals surface area contributed by atoms with Crippen molar-refractivity contribution in [3.63, 3.8) is 0 Å². The highest BCUT2D eigenvalue weighted by Crippen LogP contribution is 2.30. The molecule has 0 radical (unpaired) electrons. The average Bonchev–Trinajstić information content (AvgIpc) is 3.02. The molecule has 22 heavy (non-hydrogen) atoms. The molecular weight excluding hydrogens is 278 g/mol. The molecule has 1 aliphatic heterocycles. The standard InChI is InChI=1S/C18H21NO3/c1-21-17-8-7-13(11-16(17)20)12-19-15-9-10-22-18(15)14-5-3-2-4-6-14/h2-8,11,15,18-20H,9-10,12H2,1H3/t15-,18+/m1/s1. The van der Waals surface area contributed by atoms with E-state index in [1.165, 1.54) is 5.56 Å². The third kappa shape index (κ3) is 3.24. The number of rotatable bonds is 5. The van der Waals surface area contributed by atoms with Crippen LogP contribution in [0.15, 0.2) is 48.5 Å². The molecule has 1 aliphatic rings. The summed E-state index contributed by atoms with van der Waals surface area (Å²) in [5.41, 5.74) is 2.23. The van der Waals surface area contributed by atoms with Crippen LogP contribution in [-0.2, 0) is 11.3 Å². The van der Waals surface area contributed by atoms with Crippen LogP contribution in [0.3, 0.4) is 0 Å². The van der Waals surface area contributed by atoms with Crippen LogP contribution in [0.1, 0.15) is 23.7 Å². The lowest BCUT2D eigenvalue weighted by atomic mass is 10.0. The van der Waals surface area contributed by atoms with Crippen LogP contribution in [0.5, 0.6) is 11.5 Å². The second-order valence-electron chi connectivity index (χ2n) is 5.48. The highest BCUT2D eigenvalue weighted by atomic mass is 16.5. The third-order valence-electron chi connectivity index (χ3n) is 4.03. The van der Waals surface area contributed by atoms with Gasteiger partial charge in [-0.05, 0) is 29.7 Å². The van der Waals surface area contributed by atoms with E-state index in [0.717, 1.165) is 18.6 Å². The Balaban J connectivity index is 1.64. The topological polar surface area (TPSA) is 50.7 Å². The minimum Gasteiger partial charge on any atom is -0.504 e. The molecule has 0 aliphatic carbocycles. The van der Waals surface area contributed by atoms with E-state index in [1.54, 1.807) is 19.2 Å². The van der Waals surface area contributed by atoms with E-state index in [-0.39, 0.29) is 17.9 Å². The molecule has 4 heteroatoms. The molecule has 0 amide bonds. The maximum absolute atomic E-state index is 9.84. The first-order chi connectivity index (χ1) is 10.8. The van der Waals surface area contributed by atoms with Gasteiger partial charge in [0.2, 0.25) is 0 Å². The third-order valence-corrected chi connectivity index (χ3v) is 4.03. The highest BCUT2D eigenvalue weighted by Gasteiger charge is 2.28. The van der Waals surface area contributed by atoms with Gasteiger partial charge in [-0.25, -0.2) is 0 Å². The molecule has 0 aromatic heterocycles. The van der Waals surface area contributed by atoms with Gasteiger partial charge in [0.15, 0.2) is 11.5 Å². The van der Waals surface area contributed by atoms with E-state index in [0.29, 0.717) is 12.3 Å². The van der Waals surface area contributed by atoms with Gasteiger partial charge in [-0.15, -0.1) is 0 Å². The largest absolute Gasteiger partial charge is 0.504 e. The van der Waals surface area contributed by atoms with Crippen LogP contribution < -0.4 is 10.1 Å². The SMILES string of the molecule is COc1ccc(CN[C@@H]2CCO[C@H]2c2ccccc2)cc1O. The summed E-state index contributed by atoms with van der Waals surface area (Å²) in [5, 5.41) is 13.4. The van der Waals surface area contributed by atoms with Gasteiger partial charge in [0.25, 0.3) is 0 Å². The molecule has 0 unspecified atom stereocenters. The van der Waals surface area contributed by atoms with Crippen LogP contribution in [0.4, 0.5) is 0 Å². The Bertz CT molecular complexity index is 615. The predicted octanol–water partition coefficient (Wildman–Crippen LogP) is 3.02. The van der Waals surface area contributed by atoms with Crippen molar-refractivity contribution >= 4 is 0 Å². The zero-order valence-electron chi connectivity index (χ0n) is 12.7. The number of benzene rings is 2. The molecule has 2 aromatic rings. The fourth-order valence-corrected chi connectivity index (χ4v) is 2.86. The molecule has 3 rings (SSSR count). The summed E-state index contributed by atoms with van der Waals surface area (Å²) in [6.45, 7) is 1.46. The number of hydrogen-bond acceptors (Lipinski definition) is 4. The number of aromatic hydroxyl groups is 1. The van der Waals surface area contributed by atoms with Gasteiger partial charge >= 0.3 is 0 Å². The van der Waals surface area contributed by atoms with Crippen molar-refractivity contribution in [1.29, 1.82) is 0 Å². The van der Waals surface area contributed by atoms with Gasteiger partial charge in [-0.1, -0.05) is 36.4 Å². The Morgan fingerprint density at radius 2 is 2.05 bits per heavy atom. The number of methoxy groups -OCH3 is 1. The van der Waals surface area contributed by atoms with E-state index in [4.69, 9.17) is 9.47 Å². The lowest BCUT2D eigenvalue weighted by Gasteiger charge is -2.20. The van der Waals surface area contributed by atoms with E-state index in [9.17, 15) is 5.11 Å². The van der Waals surface area contributed by atoms with E-state index < -0.39 is 0 Å². The number of phenols is 1. The average molecular weight is 299 g/mol. The normalized spacial score (nSPS) is 21.0. The lowest BCUT2D eigenvalue weighted by molar-refractivity contribution is 0.0985. The molecular formula is C18H21NO3. The molecule has 1 fully saturated rings. The number of nitrogens with one attached hydrogen (secondary N) is 1. The monoisotopic (exact) mass is 299 g/mol. The molecule has 2 atom stereocenters. The van der Waals surface area contributed by atoms with Crippen LogP contribution in [0.25, 0.3) is 0 Å². The van der Waals surface area contributed by atoms with Crippen LogP contribution in [0.2, 0.25) is 0 Å². The Kier molecular flexibility index (Phi) is 4.61. The van der Waals surface area contributed by atoms with Crippen LogP contribution >= 0.6 is 0 Å². The number of ether oxygens (including phenoxy) is 2. The van der Waals surface area contributed by atoms with Crippen molar-refractivity contribution < 1.29 is 14.6 Å². The maximum Gasteiger partial charge on any atom is 0.160 e. The van der Waals surface area contributed by atoms with Gasteiger partial charge in [-0.2, -0.15) is 0 Å². The van der Waals surface area contributed by atoms with E-state index >= 15 is 0 Å². The van der Waals surface area contributed by atoms with Crippen molar-refractivity contribution in [3.8, 4) is 11.5 Å². The lowest BCUT2D eigenvalue weighted by Crippen LogP contribution is -2.31. The van der Waals surface area contributed by atoms with Gasteiger partial charge < -0.3 is 19.9 Å². The summed E-state index contributed by atoms with van der Waals surface area (Å²) in [6, 6.07) is 16.1. The minimum atomic E-state index is 0.0908. The van der Waals surface area contributed by atoms with Crippen LogP contribution in [-0.4, -0.2) is 24.9 Å².